The maximum atomic E-state index is 12.7. The Bertz CT molecular complexity index is 761. The first-order chi connectivity index (χ1) is 10.6. The third-order valence-corrected chi connectivity index (χ3v) is 5.87. The normalized spacial score (nSPS) is 22.0. The summed E-state index contributed by atoms with van der Waals surface area (Å²) in [5.41, 5.74) is -0.697. The molecule has 0 spiro atoms. The van der Waals surface area contributed by atoms with Crippen molar-refractivity contribution < 1.29 is 27.9 Å². The van der Waals surface area contributed by atoms with Crippen LogP contribution in [0.3, 0.4) is 0 Å². The van der Waals surface area contributed by atoms with Crippen LogP contribution in [0, 0.1) is 12.3 Å². The van der Waals surface area contributed by atoms with Crippen molar-refractivity contribution in [3.63, 3.8) is 0 Å². The van der Waals surface area contributed by atoms with E-state index in [1.807, 2.05) is 0 Å². The number of hydrogen-bond donors (Lipinski definition) is 1. The van der Waals surface area contributed by atoms with Crippen molar-refractivity contribution in [2.24, 2.45) is 5.41 Å². The molecule has 1 aliphatic heterocycles. The van der Waals surface area contributed by atoms with Gasteiger partial charge in [-0.2, -0.15) is 4.31 Å². The van der Waals surface area contributed by atoms with Gasteiger partial charge in [0.25, 0.3) is 0 Å². The minimum absolute atomic E-state index is 0.0637. The van der Waals surface area contributed by atoms with Gasteiger partial charge in [-0.15, -0.1) is 0 Å². The summed E-state index contributed by atoms with van der Waals surface area (Å²) in [6, 6.07) is 1.21. The Morgan fingerprint density at radius 2 is 2.09 bits per heavy atom. The van der Waals surface area contributed by atoms with E-state index in [9.17, 15) is 23.1 Å². The molecular weight excluding hydrogens is 324 g/mol. The van der Waals surface area contributed by atoms with Gasteiger partial charge in [0.15, 0.2) is 0 Å². The van der Waals surface area contributed by atoms with Crippen LogP contribution in [0.5, 0.6) is 0 Å². The fourth-order valence-electron chi connectivity index (χ4n) is 2.42. The van der Waals surface area contributed by atoms with Crippen molar-refractivity contribution in [2.75, 3.05) is 20.2 Å². The molecule has 0 bridgehead atoms. The Hall–Kier alpha value is -2.00. The van der Waals surface area contributed by atoms with Gasteiger partial charge in [0.05, 0.1) is 23.8 Å². The Morgan fingerprint density at radius 1 is 1.43 bits per heavy atom. The molecule has 8 nitrogen and oxygen atoms in total. The van der Waals surface area contributed by atoms with Crippen molar-refractivity contribution in [3.05, 3.63) is 23.5 Å². The predicted octanol–water partition coefficient (Wildman–Crippen LogP) is 0.662. The summed E-state index contributed by atoms with van der Waals surface area (Å²) in [5.74, 6) is -1.71. The molecule has 1 aromatic rings. The number of carbonyl (C=O) groups excluding carboxylic acids is 1. The number of aliphatic carboxylic acids is 1. The van der Waals surface area contributed by atoms with Gasteiger partial charge < -0.3 is 9.84 Å². The first-order valence-electron chi connectivity index (χ1n) is 6.90. The lowest BCUT2D eigenvalue weighted by Gasteiger charge is -2.20. The number of hydrogen-bond acceptors (Lipinski definition) is 6. The van der Waals surface area contributed by atoms with Crippen molar-refractivity contribution in [3.8, 4) is 0 Å². The monoisotopic (exact) mass is 342 g/mol. The average molecular weight is 342 g/mol. The third-order valence-electron chi connectivity index (χ3n) is 4.06. The number of rotatable bonds is 4. The highest BCUT2D eigenvalue weighted by Gasteiger charge is 2.45. The van der Waals surface area contributed by atoms with Crippen LogP contribution in [0.1, 0.15) is 29.4 Å². The molecule has 9 heteroatoms. The number of sulfonamides is 1. The second-order valence-electron chi connectivity index (χ2n) is 5.75. The third kappa shape index (κ3) is 3.06. The first-order valence-corrected chi connectivity index (χ1v) is 8.34. The van der Waals surface area contributed by atoms with Gasteiger partial charge in [-0.1, -0.05) is 0 Å². The van der Waals surface area contributed by atoms with E-state index in [1.54, 1.807) is 6.92 Å². The number of carboxylic acids is 1. The molecular formula is C14H18N2O6S. The van der Waals surface area contributed by atoms with Gasteiger partial charge in [-0.3, -0.25) is 9.78 Å². The van der Waals surface area contributed by atoms with E-state index in [1.165, 1.54) is 20.1 Å². The topological polar surface area (TPSA) is 114 Å². The van der Waals surface area contributed by atoms with Gasteiger partial charge in [0.1, 0.15) is 4.90 Å². The zero-order chi connectivity index (χ0) is 17.4. The molecule has 1 atom stereocenters. The number of carbonyl (C=O) groups is 2. The number of methoxy groups -OCH3 is 1. The molecule has 126 valence electrons. The fourth-order valence-corrected chi connectivity index (χ4v) is 3.96. The van der Waals surface area contributed by atoms with E-state index in [4.69, 9.17) is 0 Å². The van der Waals surface area contributed by atoms with Gasteiger partial charge in [-0.05, 0) is 26.3 Å². The predicted molar refractivity (Wildman–Crippen MR) is 79.4 cm³/mol. The lowest BCUT2D eigenvalue weighted by molar-refractivity contribution is -0.146. The van der Waals surface area contributed by atoms with E-state index in [-0.39, 0.29) is 30.0 Å². The molecule has 1 unspecified atom stereocenters. The highest BCUT2D eigenvalue weighted by Crippen LogP contribution is 2.33. The SMILES string of the molecule is COC(=O)c1cc(S(=O)(=O)N2CCC(C)(C(=O)O)C2)cnc1C. The molecule has 0 aromatic carbocycles. The average Bonchev–Trinajstić information content (AvgIpc) is 2.91. The minimum Gasteiger partial charge on any atom is -0.481 e. The largest absolute Gasteiger partial charge is 0.481 e. The van der Waals surface area contributed by atoms with Gasteiger partial charge in [0.2, 0.25) is 10.0 Å². The van der Waals surface area contributed by atoms with Crippen molar-refractivity contribution in [2.45, 2.75) is 25.2 Å². The van der Waals surface area contributed by atoms with Crippen molar-refractivity contribution >= 4 is 22.0 Å². The number of aromatic nitrogens is 1. The van der Waals surface area contributed by atoms with Crippen LogP contribution in [-0.2, 0) is 19.6 Å². The van der Waals surface area contributed by atoms with E-state index in [0.717, 1.165) is 10.5 Å². The van der Waals surface area contributed by atoms with E-state index in [2.05, 4.69) is 9.72 Å². The number of ether oxygens (including phenoxy) is 1. The number of esters is 1. The fraction of sp³-hybridized carbons (Fsp3) is 0.500. The zero-order valence-electron chi connectivity index (χ0n) is 13.1. The summed E-state index contributed by atoms with van der Waals surface area (Å²) in [6.07, 6.45) is 1.39. The van der Waals surface area contributed by atoms with E-state index in [0.29, 0.717) is 5.69 Å². The Kier molecular flexibility index (Phi) is 4.45. The lowest BCUT2D eigenvalue weighted by Crippen LogP contribution is -2.35. The molecule has 2 rings (SSSR count). The molecule has 1 saturated heterocycles. The van der Waals surface area contributed by atoms with Crippen LogP contribution in [-0.4, -0.2) is 55.0 Å². The highest BCUT2D eigenvalue weighted by molar-refractivity contribution is 7.89. The number of nitrogens with zero attached hydrogens (tertiary/aromatic N) is 2. The smallest absolute Gasteiger partial charge is 0.339 e. The van der Waals surface area contributed by atoms with E-state index < -0.39 is 27.4 Å². The molecule has 1 aromatic heterocycles. The zero-order valence-corrected chi connectivity index (χ0v) is 13.9. The second kappa shape index (κ2) is 5.89. The van der Waals surface area contributed by atoms with Crippen LogP contribution in [0.2, 0.25) is 0 Å². The quantitative estimate of drug-likeness (QED) is 0.800. The van der Waals surface area contributed by atoms with Gasteiger partial charge in [-0.25, -0.2) is 13.2 Å². The first kappa shape index (κ1) is 17.4. The second-order valence-corrected chi connectivity index (χ2v) is 7.69. The molecule has 0 aliphatic carbocycles. The van der Waals surface area contributed by atoms with Crippen molar-refractivity contribution in [1.82, 2.24) is 9.29 Å². The molecule has 1 N–H and O–H groups in total. The Morgan fingerprint density at radius 3 is 2.61 bits per heavy atom. The lowest BCUT2D eigenvalue weighted by atomic mass is 9.90. The standard InChI is InChI=1S/C14H18N2O6S/c1-9-11(12(17)22-3)6-10(7-15-9)23(20,21)16-5-4-14(2,8-16)13(18)19/h6-7H,4-5,8H2,1-3H3,(H,18,19). The van der Waals surface area contributed by atoms with Crippen LogP contribution < -0.4 is 0 Å². The maximum absolute atomic E-state index is 12.7. The molecule has 1 fully saturated rings. The summed E-state index contributed by atoms with van der Waals surface area (Å²) in [7, 11) is -2.73. The minimum atomic E-state index is -3.92. The summed E-state index contributed by atoms with van der Waals surface area (Å²) < 4.78 is 31.0. The molecule has 0 amide bonds. The van der Waals surface area contributed by atoms with Gasteiger partial charge >= 0.3 is 11.9 Å². The summed E-state index contributed by atoms with van der Waals surface area (Å²) in [4.78, 5) is 26.7. The van der Waals surface area contributed by atoms with Crippen LogP contribution in [0.15, 0.2) is 17.2 Å². The summed E-state index contributed by atoms with van der Waals surface area (Å²) in [6.45, 7) is 3.07. The molecule has 23 heavy (non-hydrogen) atoms. The molecule has 1 aliphatic rings. The molecule has 0 radical (unpaired) electrons. The Labute approximate surface area is 134 Å². The molecule has 0 saturated carbocycles. The molecule has 2 heterocycles. The van der Waals surface area contributed by atoms with Gasteiger partial charge in [0, 0.05) is 19.3 Å². The Balaban J connectivity index is 2.38. The van der Waals surface area contributed by atoms with Crippen LogP contribution in [0.4, 0.5) is 0 Å². The summed E-state index contributed by atoms with van der Waals surface area (Å²) in [5, 5.41) is 9.22. The van der Waals surface area contributed by atoms with Crippen LogP contribution in [0.25, 0.3) is 0 Å². The van der Waals surface area contributed by atoms with Crippen LogP contribution >= 0.6 is 0 Å². The number of aryl methyl sites for hydroxylation is 1. The number of pyridine rings is 1. The van der Waals surface area contributed by atoms with Crippen molar-refractivity contribution in [1.29, 1.82) is 0 Å². The maximum Gasteiger partial charge on any atom is 0.339 e. The summed E-state index contributed by atoms with van der Waals surface area (Å²) >= 11 is 0. The van der Waals surface area contributed by atoms with E-state index >= 15 is 0 Å². The number of carboxylic acid groups (broad SMARTS) is 1. The highest BCUT2D eigenvalue weighted by atomic mass is 32.2.